The lowest BCUT2D eigenvalue weighted by molar-refractivity contribution is 0.579. The van der Waals surface area contributed by atoms with Gasteiger partial charge in [0, 0.05) is 11.3 Å². The van der Waals surface area contributed by atoms with Gasteiger partial charge in [0.25, 0.3) is 0 Å². The Morgan fingerprint density at radius 1 is 1.22 bits per heavy atom. The summed E-state index contributed by atoms with van der Waals surface area (Å²) < 4.78 is 0. The zero-order valence-electron chi connectivity index (χ0n) is 11.0. The van der Waals surface area contributed by atoms with Crippen LogP contribution in [0.4, 0.5) is 0 Å². The molecule has 1 aliphatic carbocycles. The Hall–Kier alpha value is -1.15. The van der Waals surface area contributed by atoms with Gasteiger partial charge in [-0.3, -0.25) is 0 Å². The Balaban J connectivity index is 1.83. The van der Waals surface area contributed by atoms with Crippen LogP contribution in [-0.2, 0) is 12.8 Å². The van der Waals surface area contributed by atoms with E-state index in [-0.39, 0.29) is 0 Å². The van der Waals surface area contributed by atoms with E-state index in [2.05, 4.69) is 43.5 Å². The summed E-state index contributed by atoms with van der Waals surface area (Å²) in [5, 5.41) is 3.58. The van der Waals surface area contributed by atoms with E-state index in [1.807, 2.05) is 11.3 Å². The molecule has 1 heterocycles. The third kappa shape index (κ3) is 2.22. The highest BCUT2D eigenvalue weighted by atomic mass is 32.1. The minimum Gasteiger partial charge on any atom is -0.246 e. The molecule has 0 spiro atoms. The zero-order chi connectivity index (χ0) is 12.5. The summed E-state index contributed by atoms with van der Waals surface area (Å²) in [5.74, 6) is 1.18. The van der Waals surface area contributed by atoms with E-state index in [0.29, 0.717) is 11.8 Å². The van der Waals surface area contributed by atoms with E-state index < -0.39 is 0 Å². The second-order valence-electron chi connectivity index (χ2n) is 5.47. The number of hydrogen-bond donors (Lipinski definition) is 0. The predicted octanol–water partition coefficient (Wildman–Crippen LogP) is 4.54. The topological polar surface area (TPSA) is 12.9 Å². The lowest BCUT2D eigenvalue weighted by Gasteiger charge is -2.22. The lowest BCUT2D eigenvalue weighted by Crippen LogP contribution is -2.12. The minimum absolute atomic E-state index is 0.547. The van der Waals surface area contributed by atoms with Crippen molar-refractivity contribution in [3.63, 3.8) is 0 Å². The quantitative estimate of drug-likeness (QED) is 0.769. The monoisotopic (exact) mass is 257 g/mol. The molecule has 94 valence electrons. The summed E-state index contributed by atoms with van der Waals surface area (Å²) in [4.78, 5) is 4.82. The van der Waals surface area contributed by atoms with Crippen molar-refractivity contribution in [2.75, 3.05) is 0 Å². The highest BCUT2D eigenvalue weighted by molar-refractivity contribution is 7.09. The zero-order valence-corrected chi connectivity index (χ0v) is 11.8. The van der Waals surface area contributed by atoms with Crippen molar-refractivity contribution in [2.45, 2.75) is 44.9 Å². The maximum atomic E-state index is 4.82. The summed E-state index contributed by atoms with van der Waals surface area (Å²) in [6, 6.07) is 8.85. The first-order valence-corrected chi connectivity index (χ1v) is 7.64. The fourth-order valence-corrected chi connectivity index (χ4v) is 3.78. The van der Waals surface area contributed by atoms with Crippen LogP contribution in [0.1, 0.15) is 53.9 Å². The molecule has 0 fully saturated rings. The van der Waals surface area contributed by atoms with E-state index in [0.717, 1.165) is 0 Å². The van der Waals surface area contributed by atoms with E-state index in [1.165, 1.54) is 41.1 Å². The average Bonchev–Trinajstić information content (AvgIpc) is 2.88. The molecular formula is C16H19NS. The van der Waals surface area contributed by atoms with Crippen LogP contribution < -0.4 is 0 Å². The molecule has 0 bridgehead atoms. The van der Waals surface area contributed by atoms with Gasteiger partial charge in [0.2, 0.25) is 0 Å². The van der Waals surface area contributed by atoms with Crippen molar-refractivity contribution in [1.82, 2.24) is 4.98 Å². The number of benzene rings is 1. The standard InChI is InChI=1S/C16H19NS/c1-11(2)15-10-18-16(17-15)14-8-7-12-5-3-4-6-13(12)9-14/h3-6,10-11,14H,7-9H2,1-2H3. The molecule has 0 N–H and O–H groups in total. The van der Waals surface area contributed by atoms with Gasteiger partial charge in [-0.2, -0.15) is 0 Å². The van der Waals surface area contributed by atoms with Gasteiger partial charge >= 0.3 is 0 Å². The van der Waals surface area contributed by atoms with Gasteiger partial charge in [0.1, 0.15) is 0 Å². The molecule has 18 heavy (non-hydrogen) atoms. The van der Waals surface area contributed by atoms with Crippen molar-refractivity contribution in [1.29, 1.82) is 0 Å². The van der Waals surface area contributed by atoms with Gasteiger partial charge in [-0.1, -0.05) is 38.1 Å². The number of aromatic nitrogens is 1. The summed E-state index contributed by atoms with van der Waals surface area (Å²) in [5.41, 5.74) is 4.32. The number of thiazole rings is 1. The SMILES string of the molecule is CC(C)c1csc(C2CCc3ccccc3C2)n1. The van der Waals surface area contributed by atoms with Gasteiger partial charge < -0.3 is 0 Å². The Labute approximate surface area is 113 Å². The minimum atomic E-state index is 0.547. The van der Waals surface area contributed by atoms with Gasteiger partial charge in [0.15, 0.2) is 0 Å². The number of hydrogen-bond acceptors (Lipinski definition) is 2. The first-order valence-electron chi connectivity index (χ1n) is 6.76. The van der Waals surface area contributed by atoms with Crippen LogP contribution in [0.2, 0.25) is 0 Å². The van der Waals surface area contributed by atoms with Crippen LogP contribution in [0.5, 0.6) is 0 Å². The van der Waals surface area contributed by atoms with E-state index in [1.54, 1.807) is 0 Å². The Bertz CT molecular complexity index is 542. The molecule has 1 aromatic heterocycles. The molecule has 0 amide bonds. The molecule has 3 rings (SSSR count). The summed E-state index contributed by atoms with van der Waals surface area (Å²) >= 11 is 1.85. The number of rotatable bonds is 2. The lowest BCUT2D eigenvalue weighted by atomic mass is 9.84. The molecule has 2 aromatic rings. The van der Waals surface area contributed by atoms with Crippen LogP contribution in [0.3, 0.4) is 0 Å². The van der Waals surface area contributed by atoms with Gasteiger partial charge in [-0.05, 0) is 36.3 Å². The average molecular weight is 257 g/mol. The number of nitrogens with zero attached hydrogens (tertiary/aromatic N) is 1. The molecule has 2 heteroatoms. The number of fused-ring (bicyclic) bond motifs is 1. The van der Waals surface area contributed by atoms with Crippen LogP contribution in [0.15, 0.2) is 29.6 Å². The fourth-order valence-electron chi connectivity index (χ4n) is 2.66. The molecule has 1 aliphatic rings. The van der Waals surface area contributed by atoms with Crippen molar-refractivity contribution < 1.29 is 0 Å². The first-order chi connectivity index (χ1) is 8.74. The molecule has 1 unspecified atom stereocenters. The third-order valence-corrected chi connectivity index (χ3v) is 4.85. The first kappa shape index (κ1) is 11.9. The van der Waals surface area contributed by atoms with E-state index >= 15 is 0 Å². The molecular weight excluding hydrogens is 238 g/mol. The second kappa shape index (κ2) is 4.85. The van der Waals surface area contributed by atoms with Crippen molar-refractivity contribution in [2.24, 2.45) is 0 Å². The van der Waals surface area contributed by atoms with Crippen molar-refractivity contribution in [3.05, 3.63) is 51.5 Å². The second-order valence-corrected chi connectivity index (χ2v) is 6.36. The fraction of sp³-hybridized carbons (Fsp3) is 0.438. The molecule has 1 aromatic carbocycles. The summed E-state index contributed by atoms with van der Waals surface area (Å²) in [6.45, 7) is 4.43. The van der Waals surface area contributed by atoms with Gasteiger partial charge in [0.05, 0.1) is 10.7 Å². The maximum Gasteiger partial charge on any atom is 0.0962 e. The molecule has 1 nitrogen and oxygen atoms in total. The molecule has 0 radical (unpaired) electrons. The van der Waals surface area contributed by atoms with E-state index in [4.69, 9.17) is 4.98 Å². The molecule has 0 aliphatic heterocycles. The summed E-state index contributed by atoms with van der Waals surface area (Å²) in [7, 11) is 0. The van der Waals surface area contributed by atoms with Crippen LogP contribution in [0, 0.1) is 0 Å². The van der Waals surface area contributed by atoms with Gasteiger partial charge in [-0.25, -0.2) is 4.98 Å². The molecule has 1 atom stereocenters. The van der Waals surface area contributed by atoms with Crippen molar-refractivity contribution in [3.8, 4) is 0 Å². The molecule has 0 saturated carbocycles. The van der Waals surface area contributed by atoms with Crippen LogP contribution in [0.25, 0.3) is 0 Å². The highest BCUT2D eigenvalue weighted by Gasteiger charge is 2.22. The predicted molar refractivity (Wildman–Crippen MR) is 77.4 cm³/mol. The number of aryl methyl sites for hydroxylation is 1. The highest BCUT2D eigenvalue weighted by Crippen LogP contribution is 2.34. The smallest absolute Gasteiger partial charge is 0.0962 e. The van der Waals surface area contributed by atoms with E-state index in [9.17, 15) is 0 Å². The van der Waals surface area contributed by atoms with Crippen molar-refractivity contribution >= 4 is 11.3 Å². The Morgan fingerprint density at radius 3 is 2.72 bits per heavy atom. The molecule has 0 saturated heterocycles. The van der Waals surface area contributed by atoms with Crippen LogP contribution >= 0.6 is 11.3 Å². The largest absolute Gasteiger partial charge is 0.246 e. The summed E-state index contributed by atoms with van der Waals surface area (Å²) in [6.07, 6.45) is 3.63. The van der Waals surface area contributed by atoms with Gasteiger partial charge in [-0.15, -0.1) is 11.3 Å². The Kier molecular flexibility index (Phi) is 3.21. The maximum absolute atomic E-state index is 4.82. The Morgan fingerprint density at radius 2 is 2.00 bits per heavy atom. The van der Waals surface area contributed by atoms with Crippen LogP contribution in [-0.4, -0.2) is 4.98 Å². The normalized spacial score (nSPS) is 18.9. The third-order valence-electron chi connectivity index (χ3n) is 3.83.